The molecule has 0 radical (unpaired) electrons. The maximum Gasteiger partial charge on any atom is 0.248 e. The molecular weight excluding hydrogens is 286 g/mol. The number of hydrogen-bond donors (Lipinski definition) is 1. The molecule has 1 amide bonds. The number of nitrogens with one attached hydrogen (secondary N) is 1. The smallest absolute Gasteiger partial charge is 0.248 e. The maximum absolute atomic E-state index is 12.1. The second-order valence-corrected chi connectivity index (χ2v) is 5.57. The molecule has 0 aromatic heterocycles. The van der Waals surface area contributed by atoms with Gasteiger partial charge in [-0.15, -0.1) is 0 Å². The molecule has 3 heteroatoms. The summed E-state index contributed by atoms with van der Waals surface area (Å²) in [6.45, 7) is 6.82. The lowest BCUT2D eigenvalue weighted by Gasteiger charge is -2.12. The minimum atomic E-state index is -0.132. The monoisotopic (exact) mass is 309 g/mol. The molecule has 0 aliphatic heterocycles. The molecule has 0 atom stereocenters. The second-order valence-electron chi connectivity index (χ2n) is 5.57. The van der Waals surface area contributed by atoms with Crippen LogP contribution in [0, 0.1) is 0 Å². The number of anilines is 1. The Kier molecular flexibility index (Phi) is 5.98. The predicted octanol–water partition coefficient (Wildman–Crippen LogP) is 4.86. The van der Waals surface area contributed by atoms with E-state index in [1.165, 1.54) is 0 Å². The van der Waals surface area contributed by atoms with Crippen molar-refractivity contribution >= 4 is 17.7 Å². The normalized spacial score (nSPS) is 11.0. The third-order valence-corrected chi connectivity index (χ3v) is 3.46. The van der Waals surface area contributed by atoms with Gasteiger partial charge in [0.2, 0.25) is 5.91 Å². The van der Waals surface area contributed by atoms with Gasteiger partial charge in [-0.25, -0.2) is 0 Å². The third kappa shape index (κ3) is 4.99. The minimum absolute atomic E-state index is 0.132. The molecule has 2 aromatic carbocycles. The van der Waals surface area contributed by atoms with Gasteiger partial charge in [0.1, 0.15) is 5.75 Å². The minimum Gasteiger partial charge on any atom is -0.494 e. The molecule has 0 aliphatic rings. The van der Waals surface area contributed by atoms with Gasteiger partial charge in [0.05, 0.1) is 6.61 Å². The Balaban J connectivity index is 2.02. The van der Waals surface area contributed by atoms with Crippen molar-refractivity contribution in [1.29, 1.82) is 0 Å². The molecule has 0 saturated heterocycles. The first-order valence-electron chi connectivity index (χ1n) is 7.91. The molecule has 3 nitrogen and oxygen atoms in total. The van der Waals surface area contributed by atoms with Gasteiger partial charge in [-0.1, -0.05) is 44.2 Å². The fraction of sp³-hybridized carbons (Fsp3) is 0.250. The van der Waals surface area contributed by atoms with E-state index in [-0.39, 0.29) is 5.91 Å². The van der Waals surface area contributed by atoms with E-state index in [1.807, 2.05) is 55.5 Å². The van der Waals surface area contributed by atoms with E-state index in [0.717, 1.165) is 22.6 Å². The van der Waals surface area contributed by atoms with E-state index in [0.29, 0.717) is 12.5 Å². The topological polar surface area (TPSA) is 38.3 Å². The van der Waals surface area contributed by atoms with Gasteiger partial charge in [0.15, 0.2) is 0 Å². The Morgan fingerprint density at radius 3 is 2.48 bits per heavy atom. The molecule has 120 valence electrons. The number of benzene rings is 2. The van der Waals surface area contributed by atoms with Crippen LogP contribution in [0.25, 0.3) is 6.08 Å². The van der Waals surface area contributed by atoms with Crippen molar-refractivity contribution in [3.8, 4) is 5.75 Å². The number of hydrogen-bond acceptors (Lipinski definition) is 2. The van der Waals surface area contributed by atoms with Crippen LogP contribution in [-0.4, -0.2) is 12.5 Å². The van der Waals surface area contributed by atoms with Gasteiger partial charge >= 0.3 is 0 Å². The third-order valence-electron chi connectivity index (χ3n) is 3.46. The molecule has 2 aromatic rings. The van der Waals surface area contributed by atoms with Gasteiger partial charge in [-0.2, -0.15) is 0 Å². The fourth-order valence-corrected chi connectivity index (χ4v) is 2.30. The fourth-order valence-electron chi connectivity index (χ4n) is 2.30. The van der Waals surface area contributed by atoms with Gasteiger partial charge in [-0.3, -0.25) is 4.79 Å². The zero-order valence-corrected chi connectivity index (χ0v) is 13.9. The SMILES string of the molecule is CCOc1ccc(/C=C/C(=O)Nc2ccccc2C(C)C)cc1. The summed E-state index contributed by atoms with van der Waals surface area (Å²) in [5, 5.41) is 2.94. The number of para-hydroxylation sites is 1. The Bertz CT molecular complexity index is 672. The van der Waals surface area contributed by atoms with Gasteiger partial charge in [-0.05, 0) is 48.2 Å². The molecule has 0 saturated carbocycles. The predicted molar refractivity (Wildman–Crippen MR) is 95.8 cm³/mol. The number of carbonyl (C=O) groups excluding carboxylic acids is 1. The summed E-state index contributed by atoms with van der Waals surface area (Å²) in [6.07, 6.45) is 3.34. The lowest BCUT2D eigenvalue weighted by atomic mass is 10.0. The van der Waals surface area contributed by atoms with Gasteiger partial charge < -0.3 is 10.1 Å². The van der Waals surface area contributed by atoms with Crippen LogP contribution in [0.5, 0.6) is 5.75 Å². The maximum atomic E-state index is 12.1. The molecule has 0 fully saturated rings. The lowest BCUT2D eigenvalue weighted by molar-refractivity contribution is -0.111. The molecule has 0 bridgehead atoms. The highest BCUT2D eigenvalue weighted by atomic mass is 16.5. The largest absolute Gasteiger partial charge is 0.494 e. The van der Waals surface area contributed by atoms with Crippen LogP contribution in [0.3, 0.4) is 0 Å². The first kappa shape index (κ1) is 16.8. The average molecular weight is 309 g/mol. The molecule has 23 heavy (non-hydrogen) atoms. The quantitative estimate of drug-likeness (QED) is 0.774. The summed E-state index contributed by atoms with van der Waals surface area (Å²) in [5.74, 6) is 1.06. The summed E-state index contributed by atoms with van der Waals surface area (Å²) >= 11 is 0. The van der Waals surface area contributed by atoms with E-state index in [2.05, 4.69) is 19.2 Å². The van der Waals surface area contributed by atoms with Crippen LogP contribution in [-0.2, 0) is 4.79 Å². The zero-order valence-electron chi connectivity index (χ0n) is 13.9. The lowest BCUT2D eigenvalue weighted by Crippen LogP contribution is -2.10. The average Bonchev–Trinajstić information content (AvgIpc) is 2.55. The highest BCUT2D eigenvalue weighted by Gasteiger charge is 2.07. The van der Waals surface area contributed by atoms with Crippen LogP contribution >= 0.6 is 0 Å². The van der Waals surface area contributed by atoms with Crippen molar-refractivity contribution in [2.24, 2.45) is 0 Å². The van der Waals surface area contributed by atoms with Crippen LogP contribution in [0.15, 0.2) is 54.6 Å². The Hall–Kier alpha value is -2.55. The standard InChI is InChI=1S/C20H23NO2/c1-4-23-17-12-9-16(10-13-17)11-14-20(22)21-19-8-6-5-7-18(19)15(2)3/h5-15H,4H2,1-3H3,(H,21,22)/b14-11+. The Morgan fingerprint density at radius 2 is 1.83 bits per heavy atom. The highest BCUT2D eigenvalue weighted by Crippen LogP contribution is 2.23. The van der Waals surface area contributed by atoms with E-state index < -0.39 is 0 Å². The van der Waals surface area contributed by atoms with Crippen molar-refractivity contribution in [3.05, 3.63) is 65.7 Å². The van der Waals surface area contributed by atoms with Crippen LogP contribution in [0.4, 0.5) is 5.69 Å². The molecule has 0 spiro atoms. The second kappa shape index (κ2) is 8.18. The zero-order chi connectivity index (χ0) is 16.7. The van der Waals surface area contributed by atoms with Gasteiger partial charge in [0, 0.05) is 11.8 Å². The van der Waals surface area contributed by atoms with Crippen LogP contribution in [0.2, 0.25) is 0 Å². The summed E-state index contributed by atoms with van der Waals surface area (Å²) in [4.78, 5) is 12.1. The summed E-state index contributed by atoms with van der Waals surface area (Å²) in [5.41, 5.74) is 2.96. The highest BCUT2D eigenvalue weighted by molar-refractivity contribution is 6.02. The summed E-state index contributed by atoms with van der Waals surface area (Å²) < 4.78 is 5.40. The van der Waals surface area contributed by atoms with Gasteiger partial charge in [0.25, 0.3) is 0 Å². The molecule has 0 unspecified atom stereocenters. The molecule has 1 N–H and O–H groups in total. The number of ether oxygens (including phenoxy) is 1. The summed E-state index contributed by atoms with van der Waals surface area (Å²) in [6, 6.07) is 15.5. The van der Waals surface area contributed by atoms with Crippen LogP contribution < -0.4 is 10.1 Å². The van der Waals surface area contributed by atoms with Crippen molar-refractivity contribution in [3.63, 3.8) is 0 Å². The first-order valence-corrected chi connectivity index (χ1v) is 7.91. The number of amides is 1. The molecule has 0 heterocycles. The Labute approximate surface area is 138 Å². The van der Waals surface area contributed by atoms with Crippen molar-refractivity contribution in [1.82, 2.24) is 0 Å². The Morgan fingerprint density at radius 1 is 1.13 bits per heavy atom. The van der Waals surface area contributed by atoms with Crippen molar-refractivity contribution < 1.29 is 9.53 Å². The molecule has 2 rings (SSSR count). The number of carbonyl (C=O) groups is 1. The van der Waals surface area contributed by atoms with Crippen molar-refractivity contribution in [2.75, 3.05) is 11.9 Å². The van der Waals surface area contributed by atoms with E-state index in [4.69, 9.17) is 4.74 Å². The van der Waals surface area contributed by atoms with E-state index in [1.54, 1.807) is 12.2 Å². The van der Waals surface area contributed by atoms with Crippen LogP contribution in [0.1, 0.15) is 37.8 Å². The van der Waals surface area contributed by atoms with Crippen molar-refractivity contribution in [2.45, 2.75) is 26.7 Å². The molecular formula is C20H23NO2. The number of rotatable bonds is 6. The van der Waals surface area contributed by atoms with E-state index in [9.17, 15) is 4.79 Å². The molecule has 0 aliphatic carbocycles. The van der Waals surface area contributed by atoms with E-state index >= 15 is 0 Å². The summed E-state index contributed by atoms with van der Waals surface area (Å²) in [7, 11) is 0. The first-order chi connectivity index (χ1) is 11.1.